The first-order chi connectivity index (χ1) is 12.1. The summed E-state index contributed by atoms with van der Waals surface area (Å²) in [5.41, 5.74) is 2.55. The third-order valence-corrected chi connectivity index (χ3v) is 7.09. The van der Waals surface area contributed by atoms with E-state index in [0.717, 1.165) is 42.5 Å². The van der Waals surface area contributed by atoms with Gasteiger partial charge in [0, 0.05) is 18.7 Å². The summed E-state index contributed by atoms with van der Waals surface area (Å²) in [5, 5.41) is 0. The van der Waals surface area contributed by atoms with Gasteiger partial charge in [-0.15, -0.1) is 0 Å². The molecule has 4 nitrogen and oxygen atoms in total. The Labute approximate surface area is 157 Å². The van der Waals surface area contributed by atoms with E-state index >= 15 is 0 Å². The molecule has 0 N–H and O–H groups in total. The van der Waals surface area contributed by atoms with Crippen LogP contribution in [-0.4, -0.2) is 42.2 Å². The van der Waals surface area contributed by atoms with Gasteiger partial charge < -0.3 is 14.2 Å². The van der Waals surface area contributed by atoms with Crippen LogP contribution in [0, 0.1) is 12.3 Å². The number of nitrogens with zero attached hydrogens (tertiary/aromatic N) is 1. The van der Waals surface area contributed by atoms with Crippen molar-refractivity contribution in [3.05, 3.63) is 29.3 Å². The Hall–Kier alpha value is -1.33. The fraction of sp³-hybridized carbons (Fsp3) is 0.667. The summed E-state index contributed by atoms with van der Waals surface area (Å²) in [4.78, 5) is 15.1. The maximum absolute atomic E-state index is 13.1. The molecule has 5 heteroatoms. The molecule has 2 aliphatic heterocycles. The van der Waals surface area contributed by atoms with E-state index in [4.69, 9.17) is 9.31 Å². The summed E-state index contributed by atoms with van der Waals surface area (Å²) in [6, 6.07) is 6.00. The molecule has 2 saturated heterocycles. The molecule has 0 unspecified atom stereocenters. The van der Waals surface area contributed by atoms with Gasteiger partial charge in [0.1, 0.15) is 0 Å². The molecule has 0 aromatic heterocycles. The second kappa shape index (κ2) is 5.83. The summed E-state index contributed by atoms with van der Waals surface area (Å²) in [7, 11) is -0.428. The predicted octanol–water partition coefficient (Wildman–Crippen LogP) is 3.31. The number of hydrogen-bond donors (Lipinski definition) is 0. The van der Waals surface area contributed by atoms with E-state index in [0.29, 0.717) is 5.41 Å². The molecule has 1 spiro atoms. The van der Waals surface area contributed by atoms with Crippen LogP contribution in [0.15, 0.2) is 18.2 Å². The van der Waals surface area contributed by atoms with Crippen molar-refractivity contribution in [1.29, 1.82) is 0 Å². The normalized spacial score (nSPS) is 25.6. The van der Waals surface area contributed by atoms with E-state index in [-0.39, 0.29) is 17.1 Å². The minimum atomic E-state index is -0.428. The predicted molar refractivity (Wildman–Crippen MR) is 104 cm³/mol. The third kappa shape index (κ3) is 2.99. The van der Waals surface area contributed by atoms with Gasteiger partial charge in [0.25, 0.3) is 5.91 Å². The van der Waals surface area contributed by atoms with Crippen LogP contribution in [0.1, 0.15) is 69.3 Å². The summed E-state index contributed by atoms with van der Waals surface area (Å²) >= 11 is 0. The Balaban J connectivity index is 1.54. The van der Waals surface area contributed by atoms with Crippen molar-refractivity contribution >= 4 is 18.5 Å². The van der Waals surface area contributed by atoms with Crippen molar-refractivity contribution in [3.8, 4) is 0 Å². The summed E-state index contributed by atoms with van der Waals surface area (Å²) in [5.74, 6) is 0.149. The molecule has 26 heavy (non-hydrogen) atoms. The number of aryl methyl sites for hydroxylation is 1. The van der Waals surface area contributed by atoms with Crippen LogP contribution in [0.4, 0.5) is 0 Å². The highest BCUT2D eigenvalue weighted by molar-refractivity contribution is 6.62. The number of likely N-dealkylation sites (tertiary alicyclic amines) is 1. The van der Waals surface area contributed by atoms with Crippen LogP contribution in [-0.2, 0) is 9.31 Å². The lowest BCUT2D eigenvalue weighted by atomic mass is 9.77. The largest absolute Gasteiger partial charge is 0.494 e. The molecule has 0 atom stereocenters. The number of piperidine rings is 1. The second-order valence-electron chi connectivity index (χ2n) is 9.45. The smallest absolute Gasteiger partial charge is 0.399 e. The Kier molecular flexibility index (Phi) is 4.05. The number of benzene rings is 1. The first-order valence-electron chi connectivity index (χ1n) is 9.88. The van der Waals surface area contributed by atoms with Crippen LogP contribution >= 0.6 is 0 Å². The Morgan fingerprint density at radius 3 is 2.12 bits per heavy atom. The molecule has 3 fully saturated rings. The van der Waals surface area contributed by atoms with Gasteiger partial charge in [-0.05, 0) is 82.8 Å². The molecule has 1 aromatic carbocycles. The fourth-order valence-electron chi connectivity index (χ4n) is 4.03. The van der Waals surface area contributed by atoms with Crippen molar-refractivity contribution in [2.75, 3.05) is 13.1 Å². The summed E-state index contributed by atoms with van der Waals surface area (Å²) in [6.45, 7) is 12.0. The lowest BCUT2D eigenvalue weighted by molar-refractivity contribution is 0.00578. The summed E-state index contributed by atoms with van der Waals surface area (Å²) < 4.78 is 12.3. The minimum Gasteiger partial charge on any atom is -0.399 e. The monoisotopic (exact) mass is 355 g/mol. The average molecular weight is 355 g/mol. The summed E-state index contributed by atoms with van der Waals surface area (Å²) in [6.07, 6.45) is 5.03. The first-order valence-corrected chi connectivity index (χ1v) is 9.88. The van der Waals surface area contributed by atoms with Crippen LogP contribution in [0.5, 0.6) is 0 Å². The number of rotatable bonds is 2. The molecule has 1 saturated carbocycles. The maximum Gasteiger partial charge on any atom is 0.494 e. The molecular weight excluding hydrogens is 325 g/mol. The number of carbonyl (C=O) groups excluding carboxylic acids is 1. The highest BCUT2D eigenvalue weighted by Crippen LogP contribution is 2.53. The van der Waals surface area contributed by atoms with Crippen molar-refractivity contribution < 1.29 is 14.1 Å². The Morgan fingerprint density at radius 2 is 1.58 bits per heavy atom. The maximum atomic E-state index is 13.1. The number of amides is 1. The topological polar surface area (TPSA) is 38.8 Å². The van der Waals surface area contributed by atoms with Gasteiger partial charge in [0.05, 0.1) is 11.2 Å². The molecule has 140 valence electrons. The molecular formula is C21H30BNO3. The molecule has 0 bridgehead atoms. The number of carbonyl (C=O) groups is 1. The van der Waals surface area contributed by atoms with E-state index in [9.17, 15) is 4.79 Å². The lowest BCUT2D eigenvalue weighted by Gasteiger charge is -2.32. The van der Waals surface area contributed by atoms with Crippen molar-refractivity contribution in [2.45, 2.75) is 71.5 Å². The molecule has 3 aliphatic rings. The van der Waals surface area contributed by atoms with E-state index in [1.165, 1.54) is 12.8 Å². The van der Waals surface area contributed by atoms with Gasteiger partial charge in [-0.1, -0.05) is 12.1 Å². The van der Waals surface area contributed by atoms with Crippen LogP contribution in [0.3, 0.4) is 0 Å². The Bertz CT molecular complexity index is 713. The van der Waals surface area contributed by atoms with Crippen molar-refractivity contribution in [1.82, 2.24) is 4.90 Å². The SMILES string of the molecule is Cc1ccc(B2OC(C)(C)C(C)(C)O2)cc1C(=O)N1CCC2(CC1)CC2. The highest BCUT2D eigenvalue weighted by atomic mass is 16.7. The fourth-order valence-corrected chi connectivity index (χ4v) is 4.03. The Morgan fingerprint density at radius 1 is 1.00 bits per heavy atom. The average Bonchev–Trinajstić information content (AvgIpc) is 3.28. The standard InChI is InChI=1S/C21H30BNO3/c1-15-6-7-16(22-25-19(2,3)20(4,5)26-22)14-17(15)18(24)23-12-10-21(8-9-21)11-13-23/h6-7,14H,8-13H2,1-5H3. The molecule has 1 amide bonds. The molecule has 4 rings (SSSR count). The zero-order valence-electron chi connectivity index (χ0n) is 16.7. The van der Waals surface area contributed by atoms with Crippen LogP contribution in [0.25, 0.3) is 0 Å². The van der Waals surface area contributed by atoms with E-state index in [1.54, 1.807) is 0 Å². The van der Waals surface area contributed by atoms with Gasteiger partial charge in [-0.2, -0.15) is 0 Å². The highest BCUT2D eigenvalue weighted by Gasteiger charge is 2.52. The van der Waals surface area contributed by atoms with Crippen LogP contribution < -0.4 is 5.46 Å². The van der Waals surface area contributed by atoms with Gasteiger partial charge in [0.2, 0.25) is 0 Å². The zero-order chi connectivity index (χ0) is 18.7. The third-order valence-electron chi connectivity index (χ3n) is 7.09. The van der Waals surface area contributed by atoms with Gasteiger partial charge in [-0.3, -0.25) is 4.79 Å². The minimum absolute atomic E-state index is 0.149. The molecule has 2 heterocycles. The van der Waals surface area contributed by atoms with Gasteiger partial charge in [0.15, 0.2) is 0 Å². The number of hydrogen-bond acceptors (Lipinski definition) is 3. The van der Waals surface area contributed by atoms with Crippen molar-refractivity contribution in [2.24, 2.45) is 5.41 Å². The van der Waals surface area contributed by atoms with E-state index < -0.39 is 7.12 Å². The van der Waals surface area contributed by atoms with E-state index in [1.807, 2.05) is 30.0 Å². The zero-order valence-corrected chi connectivity index (χ0v) is 16.7. The van der Waals surface area contributed by atoms with E-state index in [2.05, 4.69) is 27.7 Å². The quantitative estimate of drug-likeness (QED) is 0.764. The first kappa shape index (κ1) is 18.1. The van der Waals surface area contributed by atoms with Gasteiger partial charge in [-0.25, -0.2) is 0 Å². The molecule has 1 aliphatic carbocycles. The molecule has 0 radical (unpaired) electrons. The molecule has 1 aromatic rings. The van der Waals surface area contributed by atoms with Gasteiger partial charge >= 0.3 is 7.12 Å². The van der Waals surface area contributed by atoms with Crippen molar-refractivity contribution in [3.63, 3.8) is 0 Å². The second-order valence-corrected chi connectivity index (χ2v) is 9.45. The lowest BCUT2D eigenvalue weighted by Crippen LogP contribution is -2.41. The van der Waals surface area contributed by atoms with Crippen LogP contribution in [0.2, 0.25) is 0 Å².